The Labute approximate surface area is 186 Å². The zero-order chi connectivity index (χ0) is 21.2. The molecule has 3 rings (SSSR count). The van der Waals surface area contributed by atoms with Gasteiger partial charge in [0.25, 0.3) is 0 Å². The molecule has 0 heterocycles. The molecule has 0 bridgehead atoms. The zero-order valence-electron chi connectivity index (χ0n) is 17.8. The Morgan fingerprint density at radius 1 is 1.00 bits per heavy atom. The molecule has 1 aliphatic carbocycles. The van der Waals surface area contributed by atoms with Crippen LogP contribution >= 0.6 is 11.6 Å². The van der Waals surface area contributed by atoms with Crippen molar-refractivity contribution < 1.29 is 4.39 Å². The minimum atomic E-state index is -0.381. The maximum atomic E-state index is 13.8. The van der Waals surface area contributed by atoms with Crippen molar-refractivity contribution in [1.29, 1.82) is 0 Å². The van der Waals surface area contributed by atoms with E-state index in [9.17, 15) is 4.39 Å². The van der Waals surface area contributed by atoms with Crippen LogP contribution < -0.4 is 0 Å². The van der Waals surface area contributed by atoms with Crippen molar-refractivity contribution in [2.75, 3.05) is 0 Å². The molecule has 2 aromatic rings. The van der Waals surface area contributed by atoms with Gasteiger partial charge in [-0.1, -0.05) is 54.8 Å². The van der Waals surface area contributed by atoms with Gasteiger partial charge in [0.15, 0.2) is 0 Å². The van der Waals surface area contributed by atoms with Crippen molar-refractivity contribution in [2.24, 2.45) is 11.8 Å². The van der Waals surface area contributed by atoms with E-state index in [1.807, 2.05) is 12.1 Å². The highest BCUT2D eigenvalue weighted by Gasteiger charge is 2.19. The Morgan fingerprint density at radius 3 is 2.47 bits per heavy atom. The first-order chi connectivity index (χ1) is 14.6. The van der Waals surface area contributed by atoms with E-state index in [1.54, 1.807) is 12.1 Å². The third-order valence-electron chi connectivity index (χ3n) is 5.88. The molecule has 0 amide bonds. The van der Waals surface area contributed by atoms with Gasteiger partial charge in [-0.25, -0.2) is 4.39 Å². The molecule has 1 aliphatic rings. The molecule has 1 saturated carbocycles. The average Bonchev–Trinajstić information content (AvgIpc) is 2.76. The molecule has 0 N–H and O–H groups in total. The molecular formula is C28H30ClF. The topological polar surface area (TPSA) is 0 Å². The average molecular weight is 421 g/mol. The lowest BCUT2D eigenvalue weighted by molar-refractivity contribution is 0.301. The third-order valence-corrected chi connectivity index (χ3v) is 6.11. The molecule has 2 heteroatoms. The van der Waals surface area contributed by atoms with Gasteiger partial charge in [0, 0.05) is 22.9 Å². The standard InChI is InChI=1S/C28H30ClF/c1-2-3-4-5-6-22-7-9-23(10-8-22)11-12-24-13-15-25(16-14-24)17-18-26-19-20-27(29)21-28(26)30/h13-16,19-23H,2-4,7-12H2,1H3. The summed E-state index contributed by atoms with van der Waals surface area (Å²) in [7, 11) is 0. The van der Waals surface area contributed by atoms with Crippen LogP contribution in [-0.4, -0.2) is 0 Å². The summed E-state index contributed by atoms with van der Waals surface area (Å²) >= 11 is 5.78. The van der Waals surface area contributed by atoms with E-state index in [-0.39, 0.29) is 5.82 Å². The molecular weight excluding hydrogens is 391 g/mol. The minimum absolute atomic E-state index is 0.370. The highest BCUT2D eigenvalue weighted by atomic mass is 35.5. The second-order valence-corrected chi connectivity index (χ2v) is 8.69. The van der Waals surface area contributed by atoms with Crippen molar-refractivity contribution in [3.8, 4) is 23.7 Å². The SMILES string of the molecule is CCCCC#CC1CCC(CCc2ccc(C#Cc3ccc(Cl)cc3F)cc2)CC1. The van der Waals surface area contributed by atoms with E-state index in [0.29, 0.717) is 16.5 Å². The predicted octanol–water partition coefficient (Wildman–Crippen LogP) is 7.81. The zero-order valence-corrected chi connectivity index (χ0v) is 18.6. The minimum Gasteiger partial charge on any atom is -0.206 e. The Hall–Kier alpha value is -2.22. The van der Waals surface area contributed by atoms with Crippen molar-refractivity contribution in [2.45, 2.75) is 64.7 Å². The van der Waals surface area contributed by atoms with Crippen LogP contribution in [0.2, 0.25) is 5.02 Å². The quantitative estimate of drug-likeness (QED) is 0.341. The van der Waals surface area contributed by atoms with Crippen molar-refractivity contribution >= 4 is 11.6 Å². The molecule has 156 valence electrons. The Balaban J connectivity index is 1.44. The molecule has 0 atom stereocenters. The summed E-state index contributed by atoms with van der Waals surface area (Å²) in [6, 6.07) is 12.9. The predicted molar refractivity (Wildman–Crippen MR) is 125 cm³/mol. The fourth-order valence-corrected chi connectivity index (χ4v) is 4.09. The number of hydrogen-bond donors (Lipinski definition) is 0. The van der Waals surface area contributed by atoms with Crippen molar-refractivity contribution in [3.05, 3.63) is 70.0 Å². The summed E-state index contributed by atoms with van der Waals surface area (Å²) < 4.78 is 13.8. The molecule has 2 aromatic carbocycles. The van der Waals surface area contributed by atoms with Crippen LogP contribution in [0.4, 0.5) is 4.39 Å². The van der Waals surface area contributed by atoms with Gasteiger partial charge < -0.3 is 0 Å². The molecule has 0 unspecified atom stereocenters. The Morgan fingerprint density at radius 2 is 1.77 bits per heavy atom. The van der Waals surface area contributed by atoms with Gasteiger partial charge in [0.2, 0.25) is 0 Å². The van der Waals surface area contributed by atoms with Gasteiger partial charge in [-0.15, -0.1) is 5.92 Å². The normalized spacial score (nSPS) is 18.1. The number of hydrogen-bond acceptors (Lipinski definition) is 0. The van der Waals surface area contributed by atoms with E-state index in [1.165, 1.54) is 56.6 Å². The van der Waals surface area contributed by atoms with E-state index in [0.717, 1.165) is 24.3 Å². The second-order valence-electron chi connectivity index (χ2n) is 8.25. The fourth-order valence-electron chi connectivity index (χ4n) is 3.93. The lowest BCUT2D eigenvalue weighted by Crippen LogP contribution is -2.14. The van der Waals surface area contributed by atoms with E-state index in [2.05, 4.69) is 42.7 Å². The van der Waals surface area contributed by atoms with Gasteiger partial charge >= 0.3 is 0 Å². The third kappa shape index (κ3) is 7.23. The summed E-state index contributed by atoms with van der Waals surface area (Å²) in [5, 5.41) is 0.385. The van der Waals surface area contributed by atoms with E-state index >= 15 is 0 Å². The highest BCUT2D eigenvalue weighted by Crippen LogP contribution is 2.31. The monoisotopic (exact) mass is 420 g/mol. The number of unbranched alkanes of at least 4 members (excludes halogenated alkanes) is 2. The van der Waals surface area contributed by atoms with Gasteiger partial charge in [0.1, 0.15) is 5.82 Å². The molecule has 0 saturated heterocycles. The summed E-state index contributed by atoms with van der Waals surface area (Å²) in [6.45, 7) is 2.22. The van der Waals surface area contributed by atoms with Gasteiger partial charge in [-0.2, -0.15) is 0 Å². The number of benzene rings is 2. The maximum absolute atomic E-state index is 13.8. The van der Waals surface area contributed by atoms with E-state index < -0.39 is 0 Å². The summed E-state index contributed by atoms with van der Waals surface area (Å²) in [5.74, 6) is 13.9. The van der Waals surface area contributed by atoms with Gasteiger partial charge in [0.05, 0.1) is 5.56 Å². The number of aryl methyl sites for hydroxylation is 1. The molecule has 0 aromatic heterocycles. The molecule has 0 radical (unpaired) electrons. The summed E-state index contributed by atoms with van der Waals surface area (Å²) in [6.07, 6.45) is 11.0. The highest BCUT2D eigenvalue weighted by molar-refractivity contribution is 6.30. The van der Waals surface area contributed by atoms with Crippen LogP contribution in [0.15, 0.2) is 42.5 Å². The largest absolute Gasteiger partial charge is 0.206 e. The molecule has 0 spiro atoms. The molecule has 0 nitrogen and oxygen atoms in total. The smallest absolute Gasteiger partial charge is 0.140 e. The van der Waals surface area contributed by atoms with Crippen LogP contribution in [0.25, 0.3) is 0 Å². The number of halogens is 2. The fraction of sp³-hybridized carbons (Fsp3) is 0.429. The molecule has 0 aliphatic heterocycles. The summed E-state index contributed by atoms with van der Waals surface area (Å²) in [4.78, 5) is 0. The first-order valence-electron chi connectivity index (χ1n) is 11.2. The van der Waals surface area contributed by atoms with Crippen LogP contribution in [0, 0.1) is 41.3 Å². The Bertz CT molecular complexity index is 929. The lowest BCUT2D eigenvalue weighted by Gasteiger charge is -2.25. The van der Waals surface area contributed by atoms with Gasteiger partial charge in [-0.05, 0) is 86.8 Å². The summed E-state index contributed by atoms with van der Waals surface area (Å²) in [5.41, 5.74) is 2.61. The van der Waals surface area contributed by atoms with Crippen LogP contribution in [0.1, 0.15) is 75.0 Å². The number of rotatable bonds is 5. The van der Waals surface area contributed by atoms with Crippen LogP contribution in [0.5, 0.6) is 0 Å². The van der Waals surface area contributed by atoms with E-state index in [4.69, 9.17) is 11.6 Å². The maximum Gasteiger partial charge on any atom is 0.140 e. The van der Waals surface area contributed by atoms with Crippen LogP contribution in [0.3, 0.4) is 0 Å². The van der Waals surface area contributed by atoms with Crippen LogP contribution in [-0.2, 0) is 6.42 Å². The first-order valence-corrected chi connectivity index (χ1v) is 11.6. The molecule has 30 heavy (non-hydrogen) atoms. The van der Waals surface area contributed by atoms with Crippen molar-refractivity contribution in [1.82, 2.24) is 0 Å². The van der Waals surface area contributed by atoms with Gasteiger partial charge in [-0.3, -0.25) is 0 Å². The first kappa shape index (κ1) is 22.5. The van der Waals surface area contributed by atoms with Crippen molar-refractivity contribution in [3.63, 3.8) is 0 Å². The second kappa shape index (κ2) is 11.8. The molecule has 1 fully saturated rings. The Kier molecular flexibility index (Phi) is 8.86. The lowest BCUT2D eigenvalue weighted by atomic mass is 9.80.